The number of hydrogen-bond donors (Lipinski definition) is 1. The molecule has 0 saturated heterocycles. The summed E-state index contributed by atoms with van der Waals surface area (Å²) in [5.74, 6) is 7.34. The molecule has 0 heterocycles. The molecule has 27 heavy (non-hydrogen) atoms. The molecular weight excluding hydrogens is 405 g/mol. The Morgan fingerprint density at radius 1 is 0.704 bits per heavy atom. The standard InChI is InChI=1S/C10H15.C8H12NO2P.2CO.Fe/c1-6-7(2)9(4)10(5)8(6)3;1-10-12(11-2)9-8-6-4-3-5-7-8;2*1-2;/h1-5H3;3-7,9H,1-2H3;;;. The Balaban J connectivity index is -0.000000352. The van der Waals surface area contributed by atoms with Crippen LogP contribution in [-0.4, -0.2) is 14.2 Å². The van der Waals surface area contributed by atoms with Crippen LogP contribution in [0.4, 0.5) is 5.69 Å². The first kappa shape index (κ1) is 31.1. The molecule has 0 spiro atoms. The van der Waals surface area contributed by atoms with E-state index in [1.807, 2.05) is 30.3 Å². The Morgan fingerprint density at radius 2 is 1.00 bits per heavy atom. The second kappa shape index (κ2) is 18.7. The third-order valence-electron chi connectivity index (χ3n) is 4.14. The van der Waals surface area contributed by atoms with Crippen LogP contribution in [0.15, 0.2) is 30.3 Å². The minimum atomic E-state index is -0.983. The van der Waals surface area contributed by atoms with Crippen molar-refractivity contribution in [1.29, 1.82) is 0 Å². The van der Waals surface area contributed by atoms with Crippen molar-refractivity contribution in [1.82, 2.24) is 0 Å². The van der Waals surface area contributed by atoms with Gasteiger partial charge in [0.25, 0.3) is 8.53 Å². The van der Waals surface area contributed by atoms with E-state index in [1.165, 1.54) is 29.6 Å². The number of anilines is 1. The maximum absolute atomic E-state index is 7.50. The van der Waals surface area contributed by atoms with Gasteiger partial charge >= 0.3 is 22.6 Å². The molecule has 0 amide bonds. The maximum atomic E-state index is 7.50. The average Bonchev–Trinajstić information content (AvgIpc) is 2.88. The van der Waals surface area contributed by atoms with Gasteiger partial charge in [-0.2, -0.15) is 0 Å². The predicted molar refractivity (Wildman–Crippen MR) is 103 cm³/mol. The molecular formula is C20H27FeNO4P. The molecule has 1 aliphatic rings. The maximum Gasteiger partial charge on any atom is 0 e. The normalized spacial score (nSPS) is 15.3. The van der Waals surface area contributed by atoms with Gasteiger partial charge < -0.3 is 14.1 Å². The van der Waals surface area contributed by atoms with Crippen LogP contribution in [0.3, 0.4) is 0 Å². The average molecular weight is 432 g/mol. The van der Waals surface area contributed by atoms with Crippen LogP contribution in [0.25, 0.3) is 0 Å². The minimum absolute atomic E-state index is 0. The quantitative estimate of drug-likeness (QED) is 0.295. The summed E-state index contributed by atoms with van der Waals surface area (Å²) in [5.41, 5.74) is 1.01. The summed E-state index contributed by atoms with van der Waals surface area (Å²) in [7, 11) is 2.25. The first-order chi connectivity index (χ1) is 12.4. The SMILES string of the molecule is COP(Nc1ccccc1)OC.C[C]1[C](C)[C](C)[C](C)[C]1C.[C-]#[O+].[C-]#[O+].[Fe]. The smallest absolute Gasteiger partial charge is 0 e. The van der Waals surface area contributed by atoms with E-state index in [2.05, 4.69) is 53.0 Å². The van der Waals surface area contributed by atoms with Crippen molar-refractivity contribution in [3.63, 3.8) is 0 Å². The Morgan fingerprint density at radius 3 is 1.26 bits per heavy atom. The van der Waals surface area contributed by atoms with E-state index in [-0.39, 0.29) is 17.1 Å². The van der Waals surface area contributed by atoms with Crippen LogP contribution in [0.5, 0.6) is 0 Å². The van der Waals surface area contributed by atoms with Crippen molar-refractivity contribution in [3.05, 3.63) is 73.2 Å². The fraction of sp³-hybridized carbons (Fsp3) is 0.350. The number of nitrogens with one attached hydrogen (secondary N) is 1. The zero-order valence-corrected chi connectivity index (χ0v) is 18.8. The van der Waals surface area contributed by atoms with Gasteiger partial charge in [0.15, 0.2) is 0 Å². The van der Waals surface area contributed by atoms with E-state index in [0.717, 1.165) is 5.69 Å². The van der Waals surface area contributed by atoms with Gasteiger partial charge in [0, 0.05) is 37.0 Å². The van der Waals surface area contributed by atoms with Crippen LogP contribution in [0, 0.1) is 42.9 Å². The number of para-hydroxylation sites is 1. The van der Waals surface area contributed by atoms with Crippen molar-refractivity contribution in [2.45, 2.75) is 34.6 Å². The largest absolute Gasteiger partial charge is 0 e. The number of benzene rings is 1. The van der Waals surface area contributed by atoms with Gasteiger partial charge in [-0.25, -0.2) is 0 Å². The summed E-state index contributed by atoms with van der Waals surface area (Å²) in [6.45, 7) is 20.0. The molecule has 5 nitrogen and oxygen atoms in total. The van der Waals surface area contributed by atoms with Crippen LogP contribution in [-0.2, 0) is 35.4 Å². The molecule has 0 unspecified atom stereocenters. The van der Waals surface area contributed by atoms with E-state index in [1.54, 1.807) is 14.2 Å². The topological polar surface area (TPSA) is 70.3 Å². The fourth-order valence-electron chi connectivity index (χ4n) is 2.19. The van der Waals surface area contributed by atoms with E-state index in [4.69, 9.17) is 18.4 Å². The first-order valence-electron chi connectivity index (χ1n) is 7.72. The summed E-state index contributed by atoms with van der Waals surface area (Å²) in [5, 5.41) is 3.10. The summed E-state index contributed by atoms with van der Waals surface area (Å²) in [4.78, 5) is 0. The van der Waals surface area contributed by atoms with Crippen molar-refractivity contribution in [2.24, 2.45) is 0 Å². The molecule has 0 aliphatic heterocycles. The molecule has 0 bridgehead atoms. The van der Waals surface area contributed by atoms with Crippen LogP contribution >= 0.6 is 8.53 Å². The molecule has 0 atom stereocenters. The molecule has 1 fully saturated rings. The van der Waals surface area contributed by atoms with Gasteiger partial charge in [-0.05, 0) is 41.7 Å². The van der Waals surface area contributed by atoms with Crippen molar-refractivity contribution in [3.8, 4) is 0 Å². The first-order valence-corrected chi connectivity index (χ1v) is 8.90. The van der Waals surface area contributed by atoms with Crippen LogP contribution in [0.2, 0.25) is 0 Å². The molecule has 149 valence electrons. The Bertz CT molecular complexity index is 446. The summed E-state index contributed by atoms with van der Waals surface area (Å²) in [6, 6.07) is 9.82. The van der Waals surface area contributed by atoms with Crippen molar-refractivity contribution >= 4 is 14.2 Å². The molecule has 1 N–H and O–H groups in total. The second-order valence-electron chi connectivity index (χ2n) is 5.23. The fourth-order valence-corrected chi connectivity index (χ4v) is 2.88. The van der Waals surface area contributed by atoms with E-state index >= 15 is 0 Å². The Kier molecular flexibility index (Phi) is 21.5. The van der Waals surface area contributed by atoms with Gasteiger partial charge in [-0.15, -0.1) is 0 Å². The number of hydrogen-bond acceptors (Lipinski definition) is 3. The van der Waals surface area contributed by atoms with Gasteiger partial charge in [0.05, 0.1) is 0 Å². The summed E-state index contributed by atoms with van der Waals surface area (Å²) < 4.78 is 25.1. The Hall–Kier alpha value is -0.631. The van der Waals surface area contributed by atoms with Crippen LogP contribution in [0.1, 0.15) is 34.6 Å². The van der Waals surface area contributed by atoms with Crippen LogP contribution < -0.4 is 5.09 Å². The molecule has 0 aromatic heterocycles. The molecule has 2 rings (SSSR count). The van der Waals surface area contributed by atoms with E-state index in [0.29, 0.717) is 0 Å². The van der Waals surface area contributed by atoms with Crippen molar-refractivity contribution < 1.29 is 35.4 Å². The van der Waals surface area contributed by atoms with Gasteiger partial charge in [-0.3, -0.25) is 0 Å². The number of rotatable bonds is 4. The molecule has 5 radical (unpaired) electrons. The van der Waals surface area contributed by atoms with Crippen molar-refractivity contribution in [2.75, 3.05) is 19.3 Å². The van der Waals surface area contributed by atoms with Gasteiger partial charge in [0.1, 0.15) is 0 Å². The van der Waals surface area contributed by atoms with Gasteiger partial charge in [-0.1, -0.05) is 52.8 Å². The monoisotopic (exact) mass is 432 g/mol. The molecule has 7 heteroatoms. The zero-order valence-electron chi connectivity index (χ0n) is 16.8. The Labute approximate surface area is 176 Å². The molecule has 1 aromatic rings. The molecule has 1 aliphatic carbocycles. The van der Waals surface area contributed by atoms with E-state index < -0.39 is 8.53 Å². The predicted octanol–water partition coefficient (Wildman–Crippen LogP) is 5.51. The van der Waals surface area contributed by atoms with Gasteiger partial charge in [0.2, 0.25) is 0 Å². The third kappa shape index (κ3) is 11.1. The molecule has 1 aromatic carbocycles. The van der Waals surface area contributed by atoms with E-state index in [9.17, 15) is 0 Å². The molecule has 1 saturated carbocycles. The second-order valence-corrected chi connectivity index (χ2v) is 6.69. The third-order valence-corrected chi connectivity index (χ3v) is 5.24. The zero-order chi connectivity index (χ0) is 20.7. The summed E-state index contributed by atoms with van der Waals surface area (Å²) in [6.07, 6.45) is 0. The minimum Gasteiger partial charge on any atom is 0 e. The summed E-state index contributed by atoms with van der Waals surface area (Å²) >= 11 is 0.